The van der Waals surface area contributed by atoms with E-state index in [1.807, 2.05) is 0 Å². The number of ether oxygens (including phenoxy) is 4. The van der Waals surface area contributed by atoms with E-state index in [0.717, 1.165) is 0 Å². The number of carbonyl (C=O) groups is 2. The highest BCUT2D eigenvalue weighted by atomic mass is 19.1. The number of rotatable bonds is 6. The number of fused-ring (bicyclic) bond motifs is 1. The van der Waals surface area contributed by atoms with E-state index in [0.29, 0.717) is 16.7 Å². The first-order valence-electron chi connectivity index (χ1n) is 11.7. The third kappa shape index (κ3) is 6.41. The van der Waals surface area contributed by atoms with Crippen LogP contribution in [0.25, 0.3) is 11.0 Å². The van der Waals surface area contributed by atoms with Crippen molar-refractivity contribution in [3.8, 4) is 0 Å². The number of carbonyl (C=O) groups excluding carboxylic acids is 2. The van der Waals surface area contributed by atoms with Gasteiger partial charge in [-0.15, -0.1) is 0 Å². The van der Waals surface area contributed by atoms with Crippen LogP contribution in [0.2, 0.25) is 0 Å². The molecule has 2 unspecified atom stereocenters. The van der Waals surface area contributed by atoms with Crippen molar-refractivity contribution in [1.29, 1.82) is 0 Å². The average molecular weight is 508 g/mol. The third-order valence-electron chi connectivity index (χ3n) is 5.66. The van der Waals surface area contributed by atoms with Crippen LogP contribution in [0.15, 0.2) is 39.5 Å². The minimum Gasteiger partial charge on any atom is -0.462 e. The summed E-state index contributed by atoms with van der Waals surface area (Å²) in [4.78, 5) is 36.6. The highest BCUT2D eigenvalue weighted by Crippen LogP contribution is 2.32. The number of benzene rings is 1. The Morgan fingerprint density at radius 2 is 1.67 bits per heavy atom. The van der Waals surface area contributed by atoms with E-state index in [2.05, 4.69) is 5.32 Å². The van der Waals surface area contributed by atoms with Crippen molar-refractivity contribution < 1.29 is 37.3 Å². The van der Waals surface area contributed by atoms with E-state index in [1.54, 1.807) is 65.8 Å². The summed E-state index contributed by atoms with van der Waals surface area (Å²) in [6.07, 6.45) is -5.48. The van der Waals surface area contributed by atoms with Crippen LogP contribution in [0, 0.1) is 10.8 Å². The fourth-order valence-electron chi connectivity index (χ4n) is 3.54. The first kappa shape index (κ1) is 27.6. The van der Waals surface area contributed by atoms with Crippen LogP contribution < -0.4 is 10.9 Å². The molecule has 2 heterocycles. The maximum atomic E-state index is 15.8. The van der Waals surface area contributed by atoms with Gasteiger partial charge in [0.2, 0.25) is 0 Å². The van der Waals surface area contributed by atoms with Crippen LogP contribution in [-0.4, -0.2) is 56.4 Å². The molecule has 0 saturated carbocycles. The average Bonchev–Trinajstić information content (AvgIpc) is 2.78. The van der Waals surface area contributed by atoms with Crippen molar-refractivity contribution in [2.45, 2.75) is 72.3 Å². The molecule has 1 N–H and O–H groups in total. The Bertz CT molecular complexity index is 1150. The van der Waals surface area contributed by atoms with Gasteiger partial charge in [-0.3, -0.25) is 9.59 Å². The number of hydrogen-bond donors (Lipinski definition) is 1. The van der Waals surface area contributed by atoms with Crippen LogP contribution in [-0.2, 0) is 28.5 Å². The molecule has 10 heteroatoms. The second-order valence-electron chi connectivity index (χ2n) is 10.9. The van der Waals surface area contributed by atoms with Crippen LogP contribution >= 0.6 is 0 Å². The highest BCUT2D eigenvalue weighted by molar-refractivity contribution is 5.80. The molecule has 9 nitrogen and oxygen atoms in total. The van der Waals surface area contributed by atoms with Gasteiger partial charge < -0.3 is 28.7 Å². The van der Waals surface area contributed by atoms with Crippen LogP contribution in [0.4, 0.5) is 10.1 Å². The molecule has 1 fully saturated rings. The van der Waals surface area contributed by atoms with Crippen molar-refractivity contribution >= 4 is 28.6 Å². The molecular formula is C26H34FNO8. The van der Waals surface area contributed by atoms with Gasteiger partial charge in [-0.2, -0.15) is 0 Å². The minimum atomic E-state index is -1.84. The molecule has 36 heavy (non-hydrogen) atoms. The first-order chi connectivity index (χ1) is 16.7. The summed E-state index contributed by atoms with van der Waals surface area (Å²) >= 11 is 0. The number of hydrogen-bond acceptors (Lipinski definition) is 9. The fraction of sp³-hybridized carbons (Fsp3) is 0.577. The Morgan fingerprint density at radius 3 is 2.28 bits per heavy atom. The zero-order valence-corrected chi connectivity index (χ0v) is 21.6. The second kappa shape index (κ2) is 10.6. The van der Waals surface area contributed by atoms with Crippen molar-refractivity contribution in [2.24, 2.45) is 10.8 Å². The SMILES string of the molecule is CO[C@H]1OC(COC(=O)C(C)(C)C)[C@@H](F)[C@H](OC(=O)C(C)(C)C)C1Nc1ccc2ccc(=O)oc2c1. The third-order valence-corrected chi connectivity index (χ3v) is 5.66. The van der Waals surface area contributed by atoms with E-state index >= 15 is 4.39 Å². The summed E-state index contributed by atoms with van der Waals surface area (Å²) in [5.74, 6) is -1.14. The second-order valence-corrected chi connectivity index (χ2v) is 10.9. The summed E-state index contributed by atoms with van der Waals surface area (Å²) in [7, 11) is 1.37. The smallest absolute Gasteiger partial charge is 0.336 e. The summed E-state index contributed by atoms with van der Waals surface area (Å²) in [5.41, 5.74) is -1.40. The van der Waals surface area contributed by atoms with Gasteiger partial charge in [0.05, 0.1) is 10.8 Å². The van der Waals surface area contributed by atoms with Crippen LogP contribution in [0.3, 0.4) is 0 Å². The molecule has 1 aliphatic heterocycles. The van der Waals surface area contributed by atoms with Gasteiger partial charge >= 0.3 is 17.6 Å². The van der Waals surface area contributed by atoms with E-state index in [1.165, 1.54) is 13.2 Å². The Labute approximate surface area is 209 Å². The largest absolute Gasteiger partial charge is 0.462 e. The van der Waals surface area contributed by atoms with Gasteiger partial charge in [0, 0.05) is 30.3 Å². The van der Waals surface area contributed by atoms with E-state index in [9.17, 15) is 14.4 Å². The quantitative estimate of drug-likeness (QED) is 0.460. The van der Waals surface area contributed by atoms with Crippen molar-refractivity contribution in [3.05, 3.63) is 40.8 Å². The van der Waals surface area contributed by atoms with Gasteiger partial charge in [-0.1, -0.05) is 0 Å². The molecule has 0 aliphatic carbocycles. The van der Waals surface area contributed by atoms with Crippen LogP contribution in [0.5, 0.6) is 0 Å². The summed E-state index contributed by atoms with van der Waals surface area (Å²) < 4.78 is 43.3. The van der Waals surface area contributed by atoms with Gasteiger partial charge in [-0.05, 0) is 59.7 Å². The molecule has 3 rings (SSSR count). The topological polar surface area (TPSA) is 113 Å². The van der Waals surface area contributed by atoms with Gasteiger partial charge in [0.15, 0.2) is 18.6 Å². The maximum Gasteiger partial charge on any atom is 0.336 e. The molecule has 0 spiro atoms. The Kier molecular flexibility index (Phi) is 8.10. The molecule has 1 aromatic heterocycles. The normalized spacial score (nSPS) is 24.8. The fourth-order valence-corrected chi connectivity index (χ4v) is 3.54. The van der Waals surface area contributed by atoms with E-state index < -0.39 is 59.1 Å². The predicted octanol–water partition coefficient (Wildman–Crippen LogP) is 3.83. The molecular weight excluding hydrogens is 473 g/mol. The molecule has 198 valence electrons. The number of esters is 2. The minimum absolute atomic E-state index is 0.324. The monoisotopic (exact) mass is 507 g/mol. The summed E-state index contributed by atoms with van der Waals surface area (Å²) in [6.45, 7) is 9.64. The highest BCUT2D eigenvalue weighted by Gasteiger charge is 2.50. The zero-order valence-electron chi connectivity index (χ0n) is 21.6. The standard InChI is InChI=1S/C26H34FNO8/c1-25(2,3)23(30)33-13-17-19(27)21(36-24(31)26(4,5)6)20(22(32-7)35-17)28-15-10-8-14-9-11-18(29)34-16(14)12-15/h8-12,17,19-22,28H,13H2,1-7H3/t17?,19-,20?,21+,22+/m1/s1. The number of methoxy groups -OCH3 is 1. The lowest BCUT2D eigenvalue weighted by molar-refractivity contribution is -0.250. The van der Waals surface area contributed by atoms with Crippen molar-refractivity contribution in [3.63, 3.8) is 0 Å². The number of anilines is 1. The lowest BCUT2D eigenvalue weighted by atomic mass is 9.94. The molecule has 2 aromatic rings. The maximum absolute atomic E-state index is 15.8. The van der Waals surface area contributed by atoms with E-state index in [-0.39, 0.29) is 6.61 Å². The summed E-state index contributed by atoms with van der Waals surface area (Å²) in [5, 5.41) is 3.80. The number of nitrogens with one attached hydrogen (secondary N) is 1. The van der Waals surface area contributed by atoms with Crippen molar-refractivity contribution in [2.75, 3.05) is 19.0 Å². The predicted molar refractivity (Wildman–Crippen MR) is 130 cm³/mol. The summed E-state index contributed by atoms with van der Waals surface area (Å²) in [6, 6.07) is 6.98. The molecule has 0 radical (unpaired) electrons. The van der Waals surface area contributed by atoms with Gasteiger partial charge in [0.1, 0.15) is 24.3 Å². The molecule has 0 bridgehead atoms. The first-order valence-corrected chi connectivity index (χ1v) is 11.7. The van der Waals surface area contributed by atoms with Gasteiger partial charge in [0.25, 0.3) is 0 Å². The molecule has 5 atom stereocenters. The molecule has 0 amide bonds. The Balaban J connectivity index is 1.91. The number of alkyl halides is 1. The Morgan fingerprint density at radius 1 is 1.03 bits per heavy atom. The van der Waals surface area contributed by atoms with Gasteiger partial charge in [-0.25, -0.2) is 9.18 Å². The lowest BCUT2D eigenvalue weighted by Crippen LogP contribution is -2.62. The van der Waals surface area contributed by atoms with Crippen molar-refractivity contribution in [1.82, 2.24) is 0 Å². The lowest BCUT2D eigenvalue weighted by Gasteiger charge is -2.43. The molecule has 1 aromatic carbocycles. The van der Waals surface area contributed by atoms with Crippen LogP contribution in [0.1, 0.15) is 41.5 Å². The van der Waals surface area contributed by atoms with E-state index in [4.69, 9.17) is 23.4 Å². The molecule has 1 aliphatic rings. The zero-order chi connectivity index (χ0) is 26.8. The Hall–Kier alpha value is -2.98. The molecule has 1 saturated heterocycles. The number of halogens is 1.